The zero-order valence-electron chi connectivity index (χ0n) is 11.6. The van der Waals surface area contributed by atoms with Crippen LogP contribution in [0.4, 0.5) is 0 Å². The third-order valence-corrected chi connectivity index (χ3v) is 2.53. The van der Waals surface area contributed by atoms with Gasteiger partial charge in [-0.3, -0.25) is 4.79 Å². The molecule has 0 spiro atoms. The van der Waals surface area contributed by atoms with Crippen LogP contribution in [0.3, 0.4) is 0 Å². The first-order valence-corrected chi connectivity index (χ1v) is 6.59. The monoisotopic (exact) mass is 266 g/mol. The minimum atomic E-state index is -0.215. The highest BCUT2D eigenvalue weighted by atomic mass is 16.6. The van der Waals surface area contributed by atoms with Crippen LogP contribution in [-0.4, -0.2) is 38.5 Å². The maximum Gasteiger partial charge on any atom is 0.308 e. The Morgan fingerprint density at radius 1 is 1.32 bits per heavy atom. The van der Waals surface area contributed by atoms with Gasteiger partial charge in [-0.05, 0) is 13.8 Å². The normalized spacial score (nSPS) is 18.1. The second-order valence-corrected chi connectivity index (χ2v) is 4.23. The van der Waals surface area contributed by atoms with Gasteiger partial charge in [0, 0.05) is 0 Å². The van der Waals surface area contributed by atoms with Crippen molar-refractivity contribution >= 4 is 5.97 Å². The number of hydrogen-bond acceptors (Lipinski definition) is 4. The second kappa shape index (κ2) is 9.53. The Morgan fingerprint density at radius 3 is 2.53 bits per heavy atom. The fourth-order valence-electron chi connectivity index (χ4n) is 1.59. The van der Waals surface area contributed by atoms with Crippen LogP contribution < -0.4 is 0 Å². The van der Waals surface area contributed by atoms with E-state index in [-0.39, 0.29) is 12.1 Å². The predicted octanol–water partition coefficient (Wildman–Crippen LogP) is 2.35. The molecule has 0 aromatic heterocycles. The van der Waals surface area contributed by atoms with Gasteiger partial charge in [-0.2, -0.15) is 0 Å². The van der Waals surface area contributed by atoms with Crippen molar-refractivity contribution in [3.05, 3.63) is 35.9 Å². The average molecular weight is 266 g/mol. The minimum absolute atomic E-state index is 0.113. The molecular formula is C15H22O4. The van der Waals surface area contributed by atoms with E-state index in [1.165, 1.54) is 5.56 Å². The van der Waals surface area contributed by atoms with E-state index in [1.54, 1.807) is 6.92 Å². The average Bonchev–Trinajstić information content (AvgIpc) is 2.42. The smallest absolute Gasteiger partial charge is 0.308 e. The summed E-state index contributed by atoms with van der Waals surface area (Å²) in [5.41, 5.74) is 1.32. The molecule has 4 nitrogen and oxygen atoms in total. The van der Waals surface area contributed by atoms with Crippen LogP contribution in [0.2, 0.25) is 0 Å². The zero-order chi connectivity index (χ0) is 13.9. The molecule has 1 aliphatic rings. The first-order valence-electron chi connectivity index (χ1n) is 6.59. The van der Waals surface area contributed by atoms with Crippen LogP contribution in [0.1, 0.15) is 18.9 Å². The summed E-state index contributed by atoms with van der Waals surface area (Å²) >= 11 is 0. The standard InChI is InChI=1S/C8H14O4.C7H8/c1-2-11-8(9)5-7-6-10-3-4-12-7;1-7-5-3-2-4-6-7/h7H,2-6H2,1H3;2-6H,1H3. The molecule has 1 atom stereocenters. The summed E-state index contributed by atoms with van der Waals surface area (Å²) in [5.74, 6) is -0.215. The largest absolute Gasteiger partial charge is 0.466 e. The van der Waals surface area contributed by atoms with Crippen LogP contribution in [-0.2, 0) is 19.0 Å². The fourth-order valence-corrected chi connectivity index (χ4v) is 1.59. The molecule has 106 valence electrons. The molecule has 1 heterocycles. The lowest BCUT2D eigenvalue weighted by atomic mass is 10.2. The van der Waals surface area contributed by atoms with Crippen molar-refractivity contribution in [1.82, 2.24) is 0 Å². The zero-order valence-corrected chi connectivity index (χ0v) is 11.6. The van der Waals surface area contributed by atoms with E-state index >= 15 is 0 Å². The molecule has 0 radical (unpaired) electrons. The summed E-state index contributed by atoms with van der Waals surface area (Å²) in [6.45, 7) is 5.99. The number of benzene rings is 1. The molecule has 0 bridgehead atoms. The van der Waals surface area contributed by atoms with Crippen LogP contribution in [0.5, 0.6) is 0 Å². The predicted molar refractivity (Wildman–Crippen MR) is 73.0 cm³/mol. The number of carbonyl (C=O) groups is 1. The summed E-state index contributed by atoms with van der Waals surface area (Å²) in [6, 6.07) is 10.3. The lowest BCUT2D eigenvalue weighted by Crippen LogP contribution is -2.31. The molecule has 4 heteroatoms. The van der Waals surface area contributed by atoms with E-state index in [0.29, 0.717) is 32.8 Å². The lowest BCUT2D eigenvalue weighted by Gasteiger charge is -2.21. The summed E-state index contributed by atoms with van der Waals surface area (Å²) in [4.78, 5) is 11.0. The van der Waals surface area contributed by atoms with Gasteiger partial charge in [0.25, 0.3) is 0 Å². The van der Waals surface area contributed by atoms with Crippen molar-refractivity contribution in [1.29, 1.82) is 0 Å². The first-order chi connectivity index (χ1) is 9.22. The second-order valence-electron chi connectivity index (χ2n) is 4.23. The molecular weight excluding hydrogens is 244 g/mol. The highest BCUT2D eigenvalue weighted by Gasteiger charge is 2.18. The molecule has 1 unspecified atom stereocenters. The van der Waals surface area contributed by atoms with Gasteiger partial charge in [0.05, 0.1) is 39.0 Å². The highest BCUT2D eigenvalue weighted by Crippen LogP contribution is 2.05. The van der Waals surface area contributed by atoms with Gasteiger partial charge in [-0.1, -0.05) is 35.9 Å². The van der Waals surface area contributed by atoms with Crippen molar-refractivity contribution in [3.8, 4) is 0 Å². The van der Waals surface area contributed by atoms with Crippen LogP contribution in [0.15, 0.2) is 30.3 Å². The molecule has 0 N–H and O–H groups in total. The van der Waals surface area contributed by atoms with E-state index in [1.807, 2.05) is 18.2 Å². The van der Waals surface area contributed by atoms with Crippen LogP contribution in [0.25, 0.3) is 0 Å². The van der Waals surface area contributed by atoms with Gasteiger partial charge in [0.2, 0.25) is 0 Å². The highest BCUT2D eigenvalue weighted by molar-refractivity contribution is 5.69. The van der Waals surface area contributed by atoms with Gasteiger partial charge in [0.15, 0.2) is 0 Å². The van der Waals surface area contributed by atoms with Crippen molar-refractivity contribution < 1.29 is 19.0 Å². The number of aryl methyl sites for hydroxylation is 1. The van der Waals surface area contributed by atoms with E-state index in [4.69, 9.17) is 14.2 Å². The van der Waals surface area contributed by atoms with Gasteiger partial charge >= 0.3 is 5.97 Å². The van der Waals surface area contributed by atoms with Gasteiger partial charge < -0.3 is 14.2 Å². The molecule has 1 aliphatic heterocycles. The number of rotatable bonds is 3. The van der Waals surface area contributed by atoms with E-state index in [0.717, 1.165) is 0 Å². The van der Waals surface area contributed by atoms with Crippen molar-refractivity contribution in [3.63, 3.8) is 0 Å². The summed E-state index contributed by atoms with van der Waals surface area (Å²) in [7, 11) is 0. The third-order valence-electron chi connectivity index (χ3n) is 2.53. The molecule has 1 fully saturated rings. The molecule has 0 amide bonds. The number of hydrogen-bond donors (Lipinski definition) is 0. The molecule has 19 heavy (non-hydrogen) atoms. The van der Waals surface area contributed by atoms with Crippen molar-refractivity contribution in [2.45, 2.75) is 26.4 Å². The molecule has 1 saturated heterocycles. The van der Waals surface area contributed by atoms with Crippen molar-refractivity contribution in [2.75, 3.05) is 26.4 Å². The summed E-state index contributed by atoms with van der Waals surface area (Å²) < 4.78 is 15.2. The van der Waals surface area contributed by atoms with Gasteiger partial charge in [-0.25, -0.2) is 0 Å². The first kappa shape index (κ1) is 15.7. The Morgan fingerprint density at radius 2 is 2.05 bits per heavy atom. The van der Waals surface area contributed by atoms with Crippen LogP contribution in [0, 0.1) is 6.92 Å². The number of ether oxygens (including phenoxy) is 3. The maximum absolute atomic E-state index is 11.0. The quantitative estimate of drug-likeness (QED) is 0.788. The third kappa shape index (κ3) is 7.59. The van der Waals surface area contributed by atoms with Crippen LogP contribution >= 0.6 is 0 Å². The Kier molecular flexibility index (Phi) is 7.86. The van der Waals surface area contributed by atoms with Crippen molar-refractivity contribution in [2.24, 2.45) is 0 Å². The maximum atomic E-state index is 11.0. The summed E-state index contributed by atoms with van der Waals surface area (Å²) in [5, 5.41) is 0. The van der Waals surface area contributed by atoms with E-state index < -0.39 is 0 Å². The molecule has 0 aliphatic carbocycles. The van der Waals surface area contributed by atoms with Gasteiger partial charge in [-0.15, -0.1) is 0 Å². The lowest BCUT2D eigenvalue weighted by molar-refractivity contribution is -0.152. The number of esters is 1. The Bertz CT molecular complexity index is 344. The molecule has 2 rings (SSSR count). The topological polar surface area (TPSA) is 44.8 Å². The van der Waals surface area contributed by atoms with E-state index in [9.17, 15) is 4.79 Å². The SMILES string of the molecule is CCOC(=O)CC1COCCO1.Cc1ccccc1. The fraction of sp³-hybridized carbons (Fsp3) is 0.533. The molecule has 1 aromatic rings. The Labute approximate surface area is 114 Å². The number of carbonyl (C=O) groups excluding carboxylic acids is 1. The minimum Gasteiger partial charge on any atom is -0.466 e. The molecule has 1 aromatic carbocycles. The summed E-state index contributed by atoms with van der Waals surface area (Å²) in [6.07, 6.45) is 0.186. The van der Waals surface area contributed by atoms with Gasteiger partial charge in [0.1, 0.15) is 0 Å². The van der Waals surface area contributed by atoms with E-state index in [2.05, 4.69) is 19.1 Å². The Hall–Kier alpha value is -1.39. The Balaban J connectivity index is 0.000000218. The molecule has 0 saturated carbocycles.